The number of rotatable bonds is 4. The number of benzene rings is 2. The van der Waals surface area contributed by atoms with Crippen LogP contribution in [-0.4, -0.2) is 5.78 Å². The second kappa shape index (κ2) is 7.60. The van der Waals surface area contributed by atoms with Gasteiger partial charge in [-0.2, -0.15) is 18.4 Å². The fourth-order valence-electron chi connectivity index (χ4n) is 2.54. The van der Waals surface area contributed by atoms with E-state index in [0.717, 1.165) is 0 Å². The van der Waals surface area contributed by atoms with Gasteiger partial charge in [-0.1, -0.05) is 60.7 Å². The molecule has 134 valence electrons. The minimum absolute atomic E-state index is 0.0616. The lowest BCUT2D eigenvalue weighted by atomic mass is 10.0. The lowest BCUT2D eigenvalue weighted by Crippen LogP contribution is -2.03. The zero-order valence-electron chi connectivity index (χ0n) is 13.8. The Morgan fingerprint density at radius 3 is 2.15 bits per heavy atom. The number of hydrogen-bond donors (Lipinski definition) is 0. The van der Waals surface area contributed by atoms with Crippen molar-refractivity contribution in [3.05, 3.63) is 87.6 Å². The quantitative estimate of drug-likeness (QED) is 0.305. The standard InChI is InChI=1S/C21H12F3NOS/c22-21(23,24)20-17(15-9-5-2-6-10-15)12-18(27-20)19(26)16(13-25)11-14-7-3-1-4-8-14/h1-12H. The van der Waals surface area contributed by atoms with Crippen molar-refractivity contribution in [2.24, 2.45) is 0 Å². The third-order valence-corrected chi connectivity index (χ3v) is 4.95. The molecule has 3 aromatic rings. The van der Waals surface area contributed by atoms with E-state index in [1.165, 1.54) is 12.1 Å². The molecule has 0 saturated heterocycles. The summed E-state index contributed by atoms with van der Waals surface area (Å²) in [6, 6.07) is 19.7. The molecule has 6 heteroatoms. The monoisotopic (exact) mass is 383 g/mol. The van der Waals surface area contributed by atoms with Gasteiger partial charge in [0, 0.05) is 5.56 Å². The molecule has 0 aliphatic carbocycles. The first-order valence-electron chi connectivity index (χ1n) is 7.88. The van der Waals surface area contributed by atoms with Crippen LogP contribution in [0, 0.1) is 11.3 Å². The van der Waals surface area contributed by atoms with Crippen LogP contribution in [0.25, 0.3) is 17.2 Å². The number of nitrogens with zero attached hydrogens (tertiary/aromatic N) is 1. The normalized spacial score (nSPS) is 11.9. The molecule has 0 radical (unpaired) electrons. The molecule has 0 spiro atoms. The molecule has 3 rings (SSSR count). The Bertz CT molecular complexity index is 1030. The molecule has 0 amide bonds. The summed E-state index contributed by atoms with van der Waals surface area (Å²) in [6.07, 6.45) is -3.22. The van der Waals surface area contributed by atoms with E-state index in [0.29, 0.717) is 22.5 Å². The van der Waals surface area contributed by atoms with E-state index in [2.05, 4.69) is 0 Å². The second-order valence-corrected chi connectivity index (χ2v) is 6.68. The molecule has 0 unspecified atom stereocenters. The highest BCUT2D eigenvalue weighted by Gasteiger charge is 2.37. The van der Waals surface area contributed by atoms with Gasteiger partial charge in [-0.15, -0.1) is 11.3 Å². The molecule has 0 fully saturated rings. The van der Waals surface area contributed by atoms with Gasteiger partial charge >= 0.3 is 6.18 Å². The van der Waals surface area contributed by atoms with Gasteiger partial charge in [-0.3, -0.25) is 4.79 Å². The van der Waals surface area contributed by atoms with Crippen molar-refractivity contribution in [3.8, 4) is 17.2 Å². The zero-order chi connectivity index (χ0) is 19.4. The first-order valence-corrected chi connectivity index (χ1v) is 8.70. The van der Waals surface area contributed by atoms with Crippen LogP contribution in [0.1, 0.15) is 20.1 Å². The van der Waals surface area contributed by atoms with E-state index in [9.17, 15) is 23.2 Å². The van der Waals surface area contributed by atoms with E-state index in [4.69, 9.17) is 0 Å². The Balaban J connectivity index is 2.07. The predicted octanol–water partition coefficient (Wildman–Crippen LogP) is 6.22. The van der Waals surface area contributed by atoms with Crippen LogP contribution in [0.4, 0.5) is 13.2 Å². The molecule has 1 aromatic heterocycles. The van der Waals surface area contributed by atoms with Gasteiger partial charge in [0.25, 0.3) is 0 Å². The molecular formula is C21H12F3NOS. The van der Waals surface area contributed by atoms with Crippen molar-refractivity contribution in [2.45, 2.75) is 6.18 Å². The number of allylic oxidation sites excluding steroid dienone is 1. The van der Waals surface area contributed by atoms with Gasteiger partial charge in [-0.25, -0.2) is 0 Å². The summed E-state index contributed by atoms with van der Waals surface area (Å²) in [5, 5.41) is 9.32. The van der Waals surface area contributed by atoms with Crippen LogP contribution in [0.2, 0.25) is 0 Å². The van der Waals surface area contributed by atoms with Crippen LogP contribution in [0.15, 0.2) is 72.3 Å². The van der Waals surface area contributed by atoms with Crippen molar-refractivity contribution in [1.29, 1.82) is 5.26 Å². The van der Waals surface area contributed by atoms with Gasteiger partial charge in [-0.05, 0) is 23.3 Å². The molecule has 0 aliphatic rings. The molecule has 0 bridgehead atoms. The maximum atomic E-state index is 13.5. The van der Waals surface area contributed by atoms with Gasteiger partial charge in [0.1, 0.15) is 16.5 Å². The molecule has 0 atom stereocenters. The largest absolute Gasteiger partial charge is 0.426 e. The minimum atomic E-state index is -4.59. The first kappa shape index (κ1) is 18.6. The molecule has 0 saturated carbocycles. The van der Waals surface area contributed by atoms with Gasteiger partial charge < -0.3 is 0 Å². The first-order chi connectivity index (χ1) is 12.9. The van der Waals surface area contributed by atoms with Crippen LogP contribution >= 0.6 is 11.3 Å². The molecule has 0 N–H and O–H groups in total. The Morgan fingerprint density at radius 1 is 1.00 bits per heavy atom. The Labute approximate surface area is 157 Å². The predicted molar refractivity (Wildman–Crippen MR) is 99.1 cm³/mol. The molecule has 2 nitrogen and oxygen atoms in total. The third kappa shape index (κ3) is 4.15. The van der Waals surface area contributed by atoms with Crippen LogP contribution in [-0.2, 0) is 6.18 Å². The van der Waals surface area contributed by atoms with E-state index >= 15 is 0 Å². The van der Waals surface area contributed by atoms with Crippen molar-refractivity contribution in [2.75, 3.05) is 0 Å². The Hall–Kier alpha value is -3.17. The second-order valence-electron chi connectivity index (χ2n) is 5.63. The number of alkyl halides is 3. The number of nitriles is 1. The van der Waals surface area contributed by atoms with Crippen LogP contribution < -0.4 is 0 Å². The third-order valence-electron chi connectivity index (χ3n) is 3.77. The topological polar surface area (TPSA) is 40.9 Å². The Kier molecular flexibility index (Phi) is 5.24. The van der Waals surface area contributed by atoms with Crippen molar-refractivity contribution in [1.82, 2.24) is 0 Å². The number of carbonyl (C=O) groups is 1. The molecule has 2 aromatic carbocycles. The van der Waals surface area contributed by atoms with Gasteiger partial charge in [0.2, 0.25) is 5.78 Å². The number of ketones is 1. The zero-order valence-corrected chi connectivity index (χ0v) is 14.6. The molecule has 0 aliphatic heterocycles. The lowest BCUT2D eigenvalue weighted by Gasteiger charge is -2.07. The van der Waals surface area contributed by atoms with Gasteiger partial charge in [0.05, 0.1) is 4.88 Å². The van der Waals surface area contributed by atoms with Crippen molar-refractivity contribution in [3.63, 3.8) is 0 Å². The van der Waals surface area contributed by atoms with E-state index in [1.54, 1.807) is 66.7 Å². The summed E-state index contributed by atoms with van der Waals surface area (Å²) in [4.78, 5) is 11.7. The summed E-state index contributed by atoms with van der Waals surface area (Å²) in [7, 11) is 0. The fraction of sp³-hybridized carbons (Fsp3) is 0.0476. The number of thiophene rings is 1. The number of hydrogen-bond acceptors (Lipinski definition) is 3. The summed E-state index contributed by atoms with van der Waals surface area (Å²) < 4.78 is 40.4. The summed E-state index contributed by atoms with van der Waals surface area (Å²) in [5.74, 6) is -0.723. The van der Waals surface area contributed by atoms with Crippen molar-refractivity contribution < 1.29 is 18.0 Å². The smallest absolute Gasteiger partial charge is 0.287 e. The summed E-state index contributed by atoms with van der Waals surface area (Å²) in [6.45, 7) is 0. The number of carbonyl (C=O) groups excluding carboxylic acids is 1. The SMILES string of the molecule is N#CC(=Cc1ccccc1)C(=O)c1cc(-c2ccccc2)c(C(F)(F)F)s1. The van der Waals surface area contributed by atoms with Crippen molar-refractivity contribution >= 4 is 23.2 Å². The van der Waals surface area contributed by atoms with E-state index < -0.39 is 16.8 Å². The average molecular weight is 383 g/mol. The maximum Gasteiger partial charge on any atom is 0.426 e. The lowest BCUT2D eigenvalue weighted by molar-refractivity contribution is -0.133. The molecule has 27 heavy (non-hydrogen) atoms. The summed E-state index contributed by atoms with van der Waals surface area (Å²) >= 11 is 0.357. The molecular weight excluding hydrogens is 371 g/mol. The highest BCUT2D eigenvalue weighted by Crippen LogP contribution is 2.43. The Morgan fingerprint density at radius 2 is 1.59 bits per heavy atom. The van der Waals surface area contributed by atoms with Crippen LogP contribution in [0.3, 0.4) is 0 Å². The summed E-state index contributed by atoms with van der Waals surface area (Å²) in [5.41, 5.74) is 0.716. The van der Waals surface area contributed by atoms with E-state index in [-0.39, 0.29) is 16.0 Å². The highest BCUT2D eigenvalue weighted by molar-refractivity contribution is 7.14. The average Bonchev–Trinajstić information content (AvgIpc) is 3.13. The number of Topliss-reactive ketones (excluding diaryl/α,β-unsaturated/α-hetero) is 1. The van der Waals surface area contributed by atoms with Gasteiger partial charge in [0.15, 0.2) is 0 Å². The maximum absolute atomic E-state index is 13.5. The molecule has 1 heterocycles. The van der Waals surface area contributed by atoms with Crippen LogP contribution in [0.5, 0.6) is 0 Å². The minimum Gasteiger partial charge on any atom is -0.287 e. The fourth-order valence-corrected chi connectivity index (χ4v) is 3.54. The van der Waals surface area contributed by atoms with E-state index in [1.807, 2.05) is 0 Å². The highest BCUT2D eigenvalue weighted by atomic mass is 32.1. The number of halogens is 3.